The molecule has 0 spiro atoms. The van der Waals surface area contributed by atoms with Gasteiger partial charge >= 0.3 is 6.18 Å². The lowest BCUT2D eigenvalue weighted by Crippen LogP contribution is -2.12. The van der Waals surface area contributed by atoms with E-state index in [9.17, 15) is 18.0 Å². The Kier molecular flexibility index (Phi) is 4.34. The Morgan fingerprint density at radius 1 is 0.893 bits per heavy atom. The van der Waals surface area contributed by atoms with Crippen LogP contribution in [0.3, 0.4) is 0 Å². The highest BCUT2D eigenvalue weighted by Crippen LogP contribution is 2.34. The van der Waals surface area contributed by atoms with Crippen molar-refractivity contribution in [2.75, 3.05) is 0 Å². The van der Waals surface area contributed by atoms with Gasteiger partial charge in [0, 0.05) is 33.9 Å². The number of fused-ring (bicyclic) bond motifs is 3. The molecule has 4 aromatic rings. The average molecular weight is 382 g/mol. The number of amides is 1. The molecule has 0 radical (unpaired) electrons. The maximum atomic E-state index is 13.3. The van der Waals surface area contributed by atoms with E-state index in [1.54, 1.807) is 18.2 Å². The topological polar surface area (TPSA) is 48.0 Å². The quantitative estimate of drug-likeness (QED) is 0.521. The van der Waals surface area contributed by atoms with Crippen LogP contribution in [0.2, 0.25) is 0 Å². The van der Waals surface area contributed by atoms with Gasteiger partial charge in [-0.3, -0.25) is 4.79 Å². The third kappa shape index (κ3) is 3.01. The van der Waals surface area contributed by atoms with E-state index in [0.29, 0.717) is 12.1 Å². The zero-order valence-corrected chi connectivity index (χ0v) is 14.8. The predicted molar refractivity (Wildman–Crippen MR) is 103 cm³/mol. The summed E-state index contributed by atoms with van der Waals surface area (Å²) in [7, 11) is 0. The molecule has 4 rings (SSSR count). The van der Waals surface area contributed by atoms with Gasteiger partial charge in [0.2, 0.25) is 5.91 Å². The van der Waals surface area contributed by atoms with Crippen molar-refractivity contribution in [3.05, 3.63) is 83.4 Å². The number of rotatable bonds is 4. The van der Waals surface area contributed by atoms with Gasteiger partial charge in [-0.2, -0.15) is 13.2 Å². The molecule has 1 heterocycles. The highest BCUT2D eigenvalue weighted by molar-refractivity contribution is 6.17. The second kappa shape index (κ2) is 6.71. The largest absolute Gasteiger partial charge is 0.416 e. The number of hydrogen-bond donors (Lipinski definition) is 1. The fourth-order valence-corrected chi connectivity index (χ4v) is 3.79. The third-order valence-electron chi connectivity index (χ3n) is 4.99. The number of para-hydroxylation sites is 1. The zero-order valence-electron chi connectivity index (χ0n) is 14.8. The molecule has 1 aromatic heterocycles. The van der Waals surface area contributed by atoms with Crippen LogP contribution in [-0.4, -0.2) is 10.5 Å². The molecular weight excluding hydrogens is 365 g/mol. The monoisotopic (exact) mass is 382 g/mol. The summed E-state index contributed by atoms with van der Waals surface area (Å²) in [6, 6.07) is 18.4. The maximum Gasteiger partial charge on any atom is 0.416 e. The van der Waals surface area contributed by atoms with Crippen molar-refractivity contribution in [1.29, 1.82) is 0 Å². The summed E-state index contributed by atoms with van der Waals surface area (Å²) in [4.78, 5) is 11.9. The van der Waals surface area contributed by atoms with E-state index < -0.39 is 17.6 Å². The van der Waals surface area contributed by atoms with Crippen LogP contribution in [0, 0.1) is 0 Å². The Balaban J connectivity index is 1.84. The van der Waals surface area contributed by atoms with Crippen LogP contribution in [0.25, 0.3) is 21.8 Å². The number of primary amides is 1. The van der Waals surface area contributed by atoms with Crippen LogP contribution in [-0.2, 0) is 19.1 Å². The number of carbonyl (C=O) groups is 1. The van der Waals surface area contributed by atoms with Gasteiger partial charge in [-0.05, 0) is 36.2 Å². The van der Waals surface area contributed by atoms with Gasteiger partial charge in [0.05, 0.1) is 5.56 Å². The van der Waals surface area contributed by atoms with Crippen LogP contribution >= 0.6 is 0 Å². The van der Waals surface area contributed by atoms with E-state index in [1.807, 2.05) is 34.9 Å². The number of carbonyl (C=O) groups excluding carboxylic acids is 1. The molecule has 28 heavy (non-hydrogen) atoms. The summed E-state index contributed by atoms with van der Waals surface area (Å²) < 4.78 is 41.9. The molecular formula is C22H17F3N2O. The van der Waals surface area contributed by atoms with Crippen molar-refractivity contribution in [2.24, 2.45) is 5.73 Å². The Morgan fingerprint density at radius 3 is 2.32 bits per heavy atom. The molecule has 0 aliphatic carbocycles. The van der Waals surface area contributed by atoms with E-state index in [-0.39, 0.29) is 12.0 Å². The molecule has 0 aliphatic rings. The lowest BCUT2D eigenvalue weighted by atomic mass is 10.0. The number of hydrogen-bond acceptors (Lipinski definition) is 1. The zero-order chi connectivity index (χ0) is 19.9. The van der Waals surface area contributed by atoms with Gasteiger partial charge in [0.15, 0.2) is 0 Å². The molecule has 0 fully saturated rings. The molecule has 6 heteroatoms. The number of aromatic nitrogens is 1. The highest BCUT2D eigenvalue weighted by atomic mass is 19.4. The minimum absolute atomic E-state index is 0.213. The molecule has 0 aliphatic heterocycles. The second-order valence-corrected chi connectivity index (χ2v) is 6.64. The molecule has 0 unspecified atom stereocenters. The Bertz CT molecular complexity index is 1190. The van der Waals surface area contributed by atoms with Crippen LogP contribution in [0.4, 0.5) is 13.2 Å². The first-order valence-electron chi connectivity index (χ1n) is 8.83. The first-order chi connectivity index (χ1) is 13.4. The van der Waals surface area contributed by atoms with Crippen molar-refractivity contribution in [1.82, 2.24) is 4.57 Å². The van der Waals surface area contributed by atoms with Gasteiger partial charge in [-0.25, -0.2) is 0 Å². The first kappa shape index (κ1) is 18.1. The minimum Gasteiger partial charge on any atom is -0.366 e. The summed E-state index contributed by atoms with van der Waals surface area (Å²) in [5.74, 6) is -0.532. The molecule has 0 saturated heterocycles. The van der Waals surface area contributed by atoms with Crippen molar-refractivity contribution >= 4 is 27.7 Å². The molecule has 142 valence electrons. The average Bonchev–Trinajstić information content (AvgIpc) is 2.99. The smallest absolute Gasteiger partial charge is 0.366 e. The van der Waals surface area contributed by atoms with Crippen molar-refractivity contribution in [2.45, 2.75) is 19.1 Å². The van der Waals surface area contributed by atoms with Crippen LogP contribution in [0.1, 0.15) is 21.5 Å². The van der Waals surface area contributed by atoms with Crippen molar-refractivity contribution in [3.8, 4) is 0 Å². The molecule has 0 saturated carbocycles. The lowest BCUT2D eigenvalue weighted by molar-refractivity contribution is -0.138. The molecule has 0 bridgehead atoms. The number of benzene rings is 3. The van der Waals surface area contributed by atoms with Gasteiger partial charge in [-0.1, -0.05) is 42.5 Å². The fraction of sp³-hybridized carbons (Fsp3) is 0.136. The number of aryl methyl sites for hydroxylation is 2. The third-order valence-corrected chi connectivity index (χ3v) is 4.99. The van der Waals surface area contributed by atoms with Gasteiger partial charge < -0.3 is 10.3 Å². The van der Waals surface area contributed by atoms with E-state index in [0.717, 1.165) is 27.9 Å². The highest BCUT2D eigenvalue weighted by Gasteiger charge is 2.32. The fourth-order valence-electron chi connectivity index (χ4n) is 3.79. The van der Waals surface area contributed by atoms with Crippen LogP contribution in [0.15, 0.2) is 66.7 Å². The number of halogens is 3. The van der Waals surface area contributed by atoms with Gasteiger partial charge in [-0.15, -0.1) is 0 Å². The molecule has 1 amide bonds. The van der Waals surface area contributed by atoms with E-state index >= 15 is 0 Å². The van der Waals surface area contributed by atoms with Crippen LogP contribution in [0.5, 0.6) is 0 Å². The maximum absolute atomic E-state index is 13.3. The summed E-state index contributed by atoms with van der Waals surface area (Å²) in [6.45, 7) is 0.347. The van der Waals surface area contributed by atoms with E-state index in [2.05, 4.69) is 0 Å². The predicted octanol–water partition coefficient (Wildman–Crippen LogP) is 5.15. The van der Waals surface area contributed by atoms with Crippen molar-refractivity contribution < 1.29 is 18.0 Å². The first-order valence-corrected chi connectivity index (χ1v) is 8.83. The Hall–Kier alpha value is -3.28. The van der Waals surface area contributed by atoms with E-state index in [1.165, 1.54) is 12.1 Å². The molecule has 2 N–H and O–H groups in total. The van der Waals surface area contributed by atoms with Gasteiger partial charge in [0.25, 0.3) is 0 Å². The molecule has 3 nitrogen and oxygen atoms in total. The van der Waals surface area contributed by atoms with Gasteiger partial charge in [0.1, 0.15) is 0 Å². The minimum atomic E-state index is -4.39. The molecule has 0 atom stereocenters. The normalized spacial score (nSPS) is 12.0. The standard InChI is InChI=1S/C22H17F3N2O/c23-22(24,25)17-9-3-1-6-14(17)12-13-27-18-10-4-2-7-15(18)20-16(21(26)28)8-5-11-19(20)27/h1-11H,12-13H2,(H2,26,28). The molecule has 3 aromatic carbocycles. The SMILES string of the molecule is NC(=O)c1cccc2c1c1ccccc1n2CCc1ccccc1C(F)(F)F. The number of alkyl halides is 3. The Morgan fingerprint density at radius 2 is 1.57 bits per heavy atom. The van der Waals surface area contributed by atoms with Crippen molar-refractivity contribution in [3.63, 3.8) is 0 Å². The summed E-state index contributed by atoms with van der Waals surface area (Å²) in [5.41, 5.74) is 7.21. The summed E-state index contributed by atoms with van der Waals surface area (Å²) in [6.07, 6.45) is -4.18. The Labute approximate surface area is 159 Å². The number of nitrogens with zero attached hydrogens (tertiary/aromatic N) is 1. The van der Waals surface area contributed by atoms with E-state index in [4.69, 9.17) is 5.73 Å². The number of nitrogens with two attached hydrogens (primary N) is 1. The second-order valence-electron chi connectivity index (χ2n) is 6.64. The summed E-state index contributed by atoms with van der Waals surface area (Å²) in [5, 5.41) is 1.59. The summed E-state index contributed by atoms with van der Waals surface area (Å²) >= 11 is 0. The van der Waals surface area contributed by atoms with Crippen LogP contribution < -0.4 is 5.73 Å². The lowest BCUT2D eigenvalue weighted by Gasteiger charge is -2.14.